The molecule has 0 aromatic heterocycles. The second kappa shape index (κ2) is 16.9. The number of carbonyl (C=O) groups is 2. The van der Waals surface area contributed by atoms with E-state index in [1.54, 1.807) is 20.8 Å². The zero-order chi connectivity index (χ0) is 33.9. The number of nitrogens with one attached hydrogen (secondary N) is 1. The van der Waals surface area contributed by atoms with Gasteiger partial charge in [-0.05, 0) is 69.7 Å². The summed E-state index contributed by atoms with van der Waals surface area (Å²) >= 11 is 0. The molecule has 10 heteroatoms. The Hall–Kier alpha value is -3.02. The molecular formula is C37H55N3O7. The smallest absolute Gasteiger partial charge is 0.312 e. The lowest BCUT2D eigenvalue weighted by Crippen LogP contribution is -2.60. The zero-order valence-corrected chi connectivity index (χ0v) is 28.4. The molecule has 1 aliphatic carbocycles. The minimum atomic E-state index is -1.58. The summed E-state index contributed by atoms with van der Waals surface area (Å²) in [6.45, 7) is 10.0. The van der Waals surface area contributed by atoms with Gasteiger partial charge in [-0.1, -0.05) is 61.7 Å². The molecule has 1 saturated carbocycles. The number of hydrogen-bond donors (Lipinski definition) is 4. The molecule has 1 aliphatic heterocycles. The lowest BCUT2D eigenvalue weighted by molar-refractivity contribution is -0.165. The molecule has 3 atom stereocenters. The van der Waals surface area contributed by atoms with E-state index in [1.807, 2.05) is 54.6 Å². The summed E-state index contributed by atoms with van der Waals surface area (Å²) in [5.74, 6) is -1.27. The Balaban J connectivity index is 1.50. The van der Waals surface area contributed by atoms with Crippen molar-refractivity contribution in [3.63, 3.8) is 0 Å². The van der Waals surface area contributed by atoms with Crippen LogP contribution in [0.3, 0.4) is 0 Å². The number of aliphatic hydroxyl groups is 2. The van der Waals surface area contributed by atoms with Crippen LogP contribution in [-0.2, 0) is 31.9 Å². The van der Waals surface area contributed by atoms with Crippen molar-refractivity contribution in [1.82, 2.24) is 10.2 Å². The molecule has 0 radical (unpaired) electrons. The zero-order valence-electron chi connectivity index (χ0n) is 28.4. The number of nitrogens with two attached hydrogens (primary N) is 1. The van der Waals surface area contributed by atoms with E-state index >= 15 is 0 Å². The third-order valence-corrected chi connectivity index (χ3v) is 9.08. The summed E-state index contributed by atoms with van der Waals surface area (Å²) in [5.41, 5.74) is 5.25. The fourth-order valence-electron chi connectivity index (χ4n) is 6.38. The molecule has 47 heavy (non-hydrogen) atoms. The summed E-state index contributed by atoms with van der Waals surface area (Å²) in [6.07, 6.45) is 2.94. The summed E-state index contributed by atoms with van der Waals surface area (Å²) in [5, 5.41) is 25.7. The number of benzene rings is 2. The highest BCUT2D eigenvalue weighted by molar-refractivity contribution is 5.87. The molecule has 5 N–H and O–H groups in total. The second-order valence-corrected chi connectivity index (χ2v) is 14.3. The molecule has 0 spiro atoms. The van der Waals surface area contributed by atoms with Crippen LogP contribution in [0.5, 0.6) is 5.75 Å². The standard InChI is InChI=1S/C37H55N3O7/c1-35(2,3)47-33(42)31(24-28-10-6-4-7-11-28)32(41)26-37(38,34(43)39-27-36(44)16-8-5-9-17-36)25-29-12-14-30(15-13-29)46-23-20-40-18-21-45-22-19-40/h4,6-7,10-15,31-32,41,44H,5,8-9,16-27,38H2,1-3H3,(H,39,43)/t31-,32-,37+/m0/s1. The molecule has 0 bridgehead atoms. The summed E-state index contributed by atoms with van der Waals surface area (Å²) < 4.78 is 17.1. The number of ether oxygens (including phenoxy) is 3. The maximum Gasteiger partial charge on any atom is 0.312 e. The van der Waals surface area contributed by atoms with E-state index in [-0.39, 0.29) is 25.8 Å². The molecule has 2 aliphatic rings. The van der Waals surface area contributed by atoms with Crippen LogP contribution in [-0.4, -0.2) is 95.8 Å². The Labute approximate surface area is 280 Å². The lowest BCUT2D eigenvalue weighted by atomic mass is 9.80. The monoisotopic (exact) mass is 653 g/mol. The van der Waals surface area contributed by atoms with Gasteiger partial charge in [0.15, 0.2) is 0 Å². The second-order valence-electron chi connectivity index (χ2n) is 14.3. The van der Waals surface area contributed by atoms with Gasteiger partial charge < -0.3 is 35.5 Å². The van der Waals surface area contributed by atoms with Crippen molar-refractivity contribution >= 4 is 11.9 Å². The van der Waals surface area contributed by atoms with E-state index in [2.05, 4.69) is 10.2 Å². The van der Waals surface area contributed by atoms with Crippen LogP contribution in [0.4, 0.5) is 0 Å². The first-order valence-electron chi connectivity index (χ1n) is 17.1. The summed E-state index contributed by atoms with van der Waals surface area (Å²) in [6, 6.07) is 16.9. The highest BCUT2D eigenvalue weighted by atomic mass is 16.6. The molecule has 2 aromatic rings. The Morgan fingerprint density at radius 1 is 1.00 bits per heavy atom. The van der Waals surface area contributed by atoms with E-state index in [0.29, 0.717) is 25.2 Å². The molecule has 2 fully saturated rings. The van der Waals surface area contributed by atoms with Crippen LogP contribution in [0.15, 0.2) is 54.6 Å². The third kappa shape index (κ3) is 11.9. The number of rotatable bonds is 15. The minimum absolute atomic E-state index is 0.0797. The van der Waals surface area contributed by atoms with Crippen molar-refractivity contribution < 1.29 is 34.0 Å². The van der Waals surface area contributed by atoms with Crippen molar-refractivity contribution in [2.45, 2.75) is 95.0 Å². The first-order chi connectivity index (χ1) is 22.3. The lowest BCUT2D eigenvalue weighted by Gasteiger charge is -2.36. The molecule has 10 nitrogen and oxygen atoms in total. The van der Waals surface area contributed by atoms with E-state index in [0.717, 1.165) is 63.2 Å². The largest absolute Gasteiger partial charge is 0.492 e. The van der Waals surface area contributed by atoms with Gasteiger partial charge in [0, 0.05) is 32.6 Å². The fraction of sp³-hybridized carbons (Fsp3) is 0.622. The van der Waals surface area contributed by atoms with Gasteiger partial charge in [0.1, 0.15) is 23.5 Å². The van der Waals surface area contributed by atoms with E-state index in [4.69, 9.17) is 19.9 Å². The highest BCUT2D eigenvalue weighted by Crippen LogP contribution is 2.29. The number of aliphatic hydroxyl groups excluding tert-OH is 1. The van der Waals surface area contributed by atoms with Gasteiger partial charge in [0.25, 0.3) is 0 Å². The van der Waals surface area contributed by atoms with E-state index < -0.39 is 40.6 Å². The molecule has 1 amide bonds. The van der Waals surface area contributed by atoms with E-state index in [9.17, 15) is 19.8 Å². The number of carbonyl (C=O) groups excluding carboxylic acids is 2. The third-order valence-electron chi connectivity index (χ3n) is 9.08. The van der Waals surface area contributed by atoms with Crippen LogP contribution in [0.25, 0.3) is 0 Å². The van der Waals surface area contributed by atoms with Gasteiger partial charge >= 0.3 is 5.97 Å². The Morgan fingerprint density at radius 2 is 1.66 bits per heavy atom. The van der Waals surface area contributed by atoms with Gasteiger partial charge in [0.2, 0.25) is 5.91 Å². The summed E-state index contributed by atoms with van der Waals surface area (Å²) in [7, 11) is 0. The Bertz CT molecular complexity index is 1250. The van der Waals surface area contributed by atoms with Crippen molar-refractivity contribution in [1.29, 1.82) is 0 Å². The van der Waals surface area contributed by atoms with Crippen LogP contribution in [0.2, 0.25) is 0 Å². The molecule has 2 aromatic carbocycles. The van der Waals surface area contributed by atoms with Crippen molar-refractivity contribution in [2.24, 2.45) is 11.7 Å². The first kappa shape index (κ1) is 36.8. The number of amides is 1. The maximum absolute atomic E-state index is 13.9. The van der Waals surface area contributed by atoms with Crippen LogP contribution >= 0.6 is 0 Å². The number of morpholine rings is 1. The van der Waals surface area contributed by atoms with Crippen molar-refractivity contribution in [3.8, 4) is 5.75 Å². The van der Waals surface area contributed by atoms with Crippen molar-refractivity contribution in [3.05, 3.63) is 65.7 Å². The molecule has 260 valence electrons. The minimum Gasteiger partial charge on any atom is -0.492 e. The van der Waals surface area contributed by atoms with Gasteiger partial charge in [-0.2, -0.15) is 0 Å². The van der Waals surface area contributed by atoms with Gasteiger partial charge in [-0.15, -0.1) is 0 Å². The average molecular weight is 654 g/mol. The fourth-order valence-corrected chi connectivity index (χ4v) is 6.38. The van der Waals surface area contributed by atoms with Crippen LogP contribution in [0, 0.1) is 5.92 Å². The number of nitrogens with zero attached hydrogens (tertiary/aromatic N) is 1. The van der Waals surface area contributed by atoms with Crippen LogP contribution in [0.1, 0.15) is 70.4 Å². The van der Waals surface area contributed by atoms with Crippen molar-refractivity contribution in [2.75, 3.05) is 46.0 Å². The Morgan fingerprint density at radius 3 is 2.30 bits per heavy atom. The topological polar surface area (TPSA) is 144 Å². The van der Waals surface area contributed by atoms with Gasteiger partial charge in [-0.25, -0.2) is 0 Å². The summed E-state index contributed by atoms with van der Waals surface area (Å²) in [4.78, 5) is 29.7. The number of esters is 1. The SMILES string of the molecule is CC(C)(C)OC(=O)[C@@H](Cc1ccccc1)[C@@H](O)C[C@](N)(Cc1ccc(OCCN2CCOCC2)cc1)C(=O)NCC1(O)CCCCC1. The quantitative estimate of drug-likeness (QED) is 0.213. The van der Waals surface area contributed by atoms with Gasteiger partial charge in [0.05, 0.1) is 30.8 Å². The molecule has 4 rings (SSSR count). The Kier molecular flexibility index (Phi) is 13.2. The first-order valence-corrected chi connectivity index (χ1v) is 17.1. The normalized spacial score (nSPS) is 19.6. The molecular weight excluding hydrogens is 598 g/mol. The van der Waals surface area contributed by atoms with Crippen LogP contribution < -0.4 is 15.8 Å². The molecule has 1 heterocycles. The van der Waals surface area contributed by atoms with E-state index in [1.165, 1.54) is 0 Å². The molecule has 0 unspecified atom stereocenters. The van der Waals surface area contributed by atoms with Gasteiger partial charge in [-0.3, -0.25) is 14.5 Å². The number of hydrogen-bond acceptors (Lipinski definition) is 9. The predicted molar refractivity (Wildman–Crippen MR) is 181 cm³/mol. The highest BCUT2D eigenvalue weighted by Gasteiger charge is 2.42. The average Bonchev–Trinajstić information content (AvgIpc) is 3.04. The maximum atomic E-state index is 13.9. The predicted octanol–water partition coefficient (Wildman–Crippen LogP) is 3.40. The molecule has 1 saturated heterocycles.